The molecule has 0 spiro atoms. The van der Waals surface area contributed by atoms with Gasteiger partial charge in [-0.25, -0.2) is 4.98 Å². The summed E-state index contributed by atoms with van der Waals surface area (Å²) in [5.74, 6) is 2.46. The van der Waals surface area contributed by atoms with Gasteiger partial charge in [-0.05, 0) is 22.6 Å². The molecular weight excluding hydrogens is 293 g/mol. The molecule has 0 fully saturated rings. The van der Waals surface area contributed by atoms with Crippen LogP contribution >= 0.6 is 22.6 Å². The van der Waals surface area contributed by atoms with Gasteiger partial charge in [0, 0.05) is 19.3 Å². The SMILES string of the molecule is C#CCNCCn1cncc(I)c1=O. The van der Waals surface area contributed by atoms with E-state index in [2.05, 4.69) is 16.2 Å². The molecule has 0 bridgehead atoms. The van der Waals surface area contributed by atoms with Crippen LogP contribution in [0.5, 0.6) is 0 Å². The summed E-state index contributed by atoms with van der Waals surface area (Å²) in [5, 5.41) is 3.00. The number of rotatable bonds is 4. The van der Waals surface area contributed by atoms with Crippen molar-refractivity contribution in [3.8, 4) is 12.3 Å². The summed E-state index contributed by atoms with van der Waals surface area (Å²) in [5.41, 5.74) is -0.0110. The molecule has 0 aliphatic rings. The third kappa shape index (κ3) is 3.12. The van der Waals surface area contributed by atoms with E-state index in [1.54, 1.807) is 10.8 Å². The molecule has 0 aromatic carbocycles. The van der Waals surface area contributed by atoms with Crippen LogP contribution in [0, 0.1) is 15.9 Å². The summed E-state index contributed by atoms with van der Waals surface area (Å²) in [7, 11) is 0. The van der Waals surface area contributed by atoms with Crippen LogP contribution in [0.15, 0.2) is 17.3 Å². The lowest BCUT2D eigenvalue weighted by molar-refractivity contribution is 0.601. The van der Waals surface area contributed by atoms with Gasteiger partial charge < -0.3 is 5.32 Å². The molecule has 0 aliphatic heterocycles. The van der Waals surface area contributed by atoms with Gasteiger partial charge in [0.25, 0.3) is 5.56 Å². The van der Waals surface area contributed by atoms with E-state index in [4.69, 9.17) is 6.42 Å². The number of terminal acetylenes is 1. The average molecular weight is 303 g/mol. The quantitative estimate of drug-likeness (QED) is 0.486. The Labute approximate surface area is 95.9 Å². The third-order valence-corrected chi connectivity index (χ3v) is 2.36. The molecule has 0 saturated carbocycles. The van der Waals surface area contributed by atoms with E-state index in [0.717, 1.165) is 0 Å². The van der Waals surface area contributed by atoms with Crippen molar-refractivity contribution in [1.29, 1.82) is 0 Å². The van der Waals surface area contributed by atoms with Gasteiger partial charge in [0.15, 0.2) is 0 Å². The maximum Gasteiger partial charge on any atom is 0.266 e. The average Bonchev–Trinajstić information content (AvgIpc) is 2.19. The Bertz CT molecular complexity index is 394. The van der Waals surface area contributed by atoms with E-state index in [0.29, 0.717) is 23.2 Å². The van der Waals surface area contributed by atoms with Gasteiger partial charge in [-0.3, -0.25) is 9.36 Å². The summed E-state index contributed by atoms with van der Waals surface area (Å²) in [6.45, 7) is 1.78. The molecule has 0 amide bonds. The standard InChI is InChI=1S/C9H10IN3O/c1-2-3-11-4-5-13-7-12-6-8(10)9(13)14/h1,6-7,11H,3-5H2. The van der Waals surface area contributed by atoms with Crippen LogP contribution in [0.2, 0.25) is 0 Å². The Morgan fingerprint density at radius 2 is 2.50 bits per heavy atom. The van der Waals surface area contributed by atoms with Crippen molar-refractivity contribution in [3.63, 3.8) is 0 Å². The molecule has 0 radical (unpaired) electrons. The maximum absolute atomic E-state index is 11.5. The van der Waals surface area contributed by atoms with Crippen LogP contribution in [-0.4, -0.2) is 22.6 Å². The number of hydrogen-bond donors (Lipinski definition) is 1. The molecule has 1 aromatic heterocycles. The number of halogens is 1. The first-order valence-corrected chi connectivity index (χ1v) is 5.17. The fourth-order valence-electron chi connectivity index (χ4n) is 0.943. The predicted molar refractivity (Wildman–Crippen MR) is 62.9 cm³/mol. The van der Waals surface area contributed by atoms with Crippen LogP contribution in [0.3, 0.4) is 0 Å². The van der Waals surface area contributed by atoms with Gasteiger partial charge in [0.2, 0.25) is 0 Å². The zero-order valence-electron chi connectivity index (χ0n) is 7.53. The Morgan fingerprint density at radius 3 is 3.21 bits per heavy atom. The highest BCUT2D eigenvalue weighted by atomic mass is 127. The van der Waals surface area contributed by atoms with E-state index < -0.39 is 0 Å². The van der Waals surface area contributed by atoms with Gasteiger partial charge in [0.1, 0.15) is 0 Å². The highest BCUT2D eigenvalue weighted by Crippen LogP contribution is 1.92. The second-order valence-corrected chi connectivity index (χ2v) is 3.78. The van der Waals surface area contributed by atoms with Crippen LogP contribution in [0.25, 0.3) is 0 Å². The molecule has 0 atom stereocenters. The Morgan fingerprint density at radius 1 is 1.71 bits per heavy atom. The predicted octanol–water partition coefficient (Wildman–Crippen LogP) is 0.0707. The monoisotopic (exact) mass is 303 g/mol. The van der Waals surface area contributed by atoms with E-state index >= 15 is 0 Å². The molecule has 74 valence electrons. The smallest absolute Gasteiger partial charge is 0.266 e. The van der Waals surface area contributed by atoms with Crippen molar-refractivity contribution in [2.45, 2.75) is 6.54 Å². The minimum atomic E-state index is -0.0110. The van der Waals surface area contributed by atoms with Crippen molar-refractivity contribution >= 4 is 22.6 Å². The number of hydrogen-bond acceptors (Lipinski definition) is 3. The lowest BCUT2D eigenvalue weighted by Gasteiger charge is -2.04. The van der Waals surface area contributed by atoms with Crippen LogP contribution in [0.4, 0.5) is 0 Å². The summed E-state index contributed by atoms with van der Waals surface area (Å²) < 4.78 is 2.19. The second-order valence-electron chi connectivity index (χ2n) is 2.62. The van der Waals surface area contributed by atoms with Crippen molar-refractivity contribution in [3.05, 3.63) is 26.4 Å². The third-order valence-electron chi connectivity index (χ3n) is 1.62. The first-order chi connectivity index (χ1) is 6.75. The molecule has 14 heavy (non-hydrogen) atoms. The molecule has 0 saturated heterocycles. The first-order valence-electron chi connectivity index (χ1n) is 4.10. The molecule has 0 aliphatic carbocycles. The summed E-state index contributed by atoms with van der Waals surface area (Å²) in [6, 6.07) is 0. The minimum absolute atomic E-state index is 0.0110. The van der Waals surface area contributed by atoms with E-state index in [1.165, 1.54) is 6.33 Å². The van der Waals surface area contributed by atoms with Gasteiger partial charge in [-0.1, -0.05) is 5.92 Å². The molecular formula is C9H10IN3O. The molecule has 1 N–H and O–H groups in total. The van der Waals surface area contributed by atoms with Gasteiger partial charge in [0.05, 0.1) is 16.4 Å². The molecule has 1 aromatic rings. The zero-order chi connectivity index (χ0) is 10.4. The lowest BCUT2D eigenvalue weighted by atomic mass is 10.5. The van der Waals surface area contributed by atoms with Crippen LogP contribution in [0.1, 0.15) is 0 Å². The summed E-state index contributed by atoms with van der Waals surface area (Å²) >= 11 is 1.97. The fraction of sp³-hybridized carbons (Fsp3) is 0.333. The van der Waals surface area contributed by atoms with Crippen LogP contribution < -0.4 is 10.9 Å². The number of nitrogens with zero attached hydrogens (tertiary/aromatic N) is 2. The lowest BCUT2D eigenvalue weighted by Crippen LogP contribution is -2.28. The van der Waals surface area contributed by atoms with Crippen molar-refractivity contribution < 1.29 is 0 Å². The fourth-order valence-corrected chi connectivity index (χ4v) is 1.41. The molecule has 4 nitrogen and oxygen atoms in total. The number of aromatic nitrogens is 2. The van der Waals surface area contributed by atoms with Gasteiger partial charge >= 0.3 is 0 Å². The molecule has 0 unspecified atom stereocenters. The molecule has 1 heterocycles. The Hall–Kier alpha value is -0.870. The minimum Gasteiger partial charge on any atom is -0.304 e. The van der Waals surface area contributed by atoms with Crippen molar-refractivity contribution in [2.75, 3.05) is 13.1 Å². The normalized spacial score (nSPS) is 9.71. The highest BCUT2D eigenvalue weighted by molar-refractivity contribution is 14.1. The largest absolute Gasteiger partial charge is 0.304 e. The van der Waals surface area contributed by atoms with Gasteiger partial charge in [-0.2, -0.15) is 0 Å². The zero-order valence-corrected chi connectivity index (χ0v) is 9.69. The summed E-state index contributed by atoms with van der Waals surface area (Å²) in [6.07, 6.45) is 8.15. The van der Waals surface area contributed by atoms with E-state index in [9.17, 15) is 4.79 Å². The van der Waals surface area contributed by atoms with Crippen molar-refractivity contribution in [1.82, 2.24) is 14.9 Å². The topological polar surface area (TPSA) is 46.9 Å². The number of nitrogens with one attached hydrogen (secondary N) is 1. The second kappa shape index (κ2) is 5.78. The Balaban J connectivity index is 2.56. The first kappa shape index (κ1) is 11.2. The molecule has 5 heteroatoms. The maximum atomic E-state index is 11.5. The Kier molecular flexibility index (Phi) is 4.62. The summed E-state index contributed by atoms with van der Waals surface area (Å²) in [4.78, 5) is 15.4. The van der Waals surface area contributed by atoms with E-state index in [1.807, 2.05) is 22.6 Å². The van der Waals surface area contributed by atoms with Crippen molar-refractivity contribution in [2.24, 2.45) is 0 Å². The van der Waals surface area contributed by atoms with Gasteiger partial charge in [-0.15, -0.1) is 6.42 Å². The van der Waals surface area contributed by atoms with E-state index in [-0.39, 0.29) is 5.56 Å². The highest BCUT2D eigenvalue weighted by Gasteiger charge is 1.99. The molecule has 1 rings (SSSR count). The van der Waals surface area contributed by atoms with Crippen LogP contribution in [-0.2, 0) is 6.54 Å².